The van der Waals surface area contributed by atoms with E-state index in [0.29, 0.717) is 5.56 Å². The second-order valence-corrected chi connectivity index (χ2v) is 18.5. The summed E-state index contributed by atoms with van der Waals surface area (Å²) < 4.78 is 0. The van der Waals surface area contributed by atoms with Gasteiger partial charge in [-0.05, 0) is 67.1 Å². The Morgan fingerprint density at radius 1 is 0.493 bits per heavy atom. The maximum Gasteiger partial charge on any atom is 0.326 e. The van der Waals surface area contributed by atoms with E-state index < -0.39 is 152 Å². The molecule has 0 saturated carbocycles. The molecule has 0 radical (unpaired) electrons. The summed E-state index contributed by atoms with van der Waals surface area (Å²) in [5.74, 6) is -13.7. The maximum absolute atomic E-state index is 14.1. The summed E-state index contributed by atoms with van der Waals surface area (Å²) in [5.41, 5.74) is 11.8. The van der Waals surface area contributed by atoms with Gasteiger partial charge in [0.15, 0.2) is 0 Å². The first kappa shape index (κ1) is 60.2. The second-order valence-electron chi connectivity index (χ2n) is 18.5. The Kier molecular flexibility index (Phi) is 25.4. The number of carboxylic acid groups (broad SMARTS) is 3. The fourth-order valence-corrected chi connectivity index (χ4v) is 6.84. The van der Waals surface area contributed by atoms with Crippen LogP contribution in [-0.4, -0.2) is 134 Å². The molecular weight excluding hydrogens is 907 g/mol. The minimum atomic E-state index is -1.89. The number of phenols is 1. The predicted molar refractivity (Wildman–Crippen MR) is 247 cm³/mol. The summed E-state index contributed by atoms with van der Waals surface area (Å²) in [7, 11) is 0. The number of amides is 8. The lowest BCUT2D eigenvalue weighted by molar-refractivity contribution is -0.144. The average Bonchev–Trinajstić information content (AvgIpc) is 3.22. The van der Waals surface area contributed by atoms with Gasteiger partial charge in [-0.25, -0.2) is 4.79 Å². The fourth-order valence-electron chi connectivity index (χ4n) is 6.84. The fraction of sp³-hybridized carbons (Fsp3) is 0.622. The highest BCUT2D eigenvalue weighted by Crippen LogP contribution is 2.14. The Balaban J connectivity index is 3.62. The minimum absolute atomic E-state index is 0.0124. The van der Waals surface area contributed by atoms with E-state index in [4.69, 9.17) is 11.5 Å². The van der Waals surface area contributed by atoms with Crippen LogP contribution in [0.15, 0.2) is 24.3 Å². The van der Waals surface area contributed by atoms with Crippen LogP contribution in [0.25, 0.3) is 0 Å². The van der Waals surface area contributed by atoms with Crippen molar-refractivity contribution in [2.75, 3.05) is 0 Å². The van der Waals surface area contributed by atoms with Crippen molar-refractivity contribution in [2.45, 2.75) is 155 Å². The van der Waals surface area contributed by atoms with Crippen LogP contribution in [-0.2, 0) is 59.2 Å². The van der Waals surface area contributed by atoms with Gasteiger partial charge in [0.25, 0.3) is 0 Å². The van der Waals surface area contributed by atoms with Gasteiger partial charge < -0.3 is 69.1 Å². The normalized spacial score (nSPS) is 14.7. The molecule has 0 fully saturated rings. The molecule has 0 bridgehead atoms. The molecule has 0 saturated heterocycles. The number of benzene rings is 1. The zero-order chi connectivity index (χ0) is 52.9. The summed E-state index contributed by atoms with van der Waals surface area (Å²) >= 11 is 0. The number of aliphatic carboxylic acids is 3. The third-order valence-corrected chi connectivity index (χ3v) is 10.3. The van der Waals surface area contributed by atoms with E-state index in [2.05, 4.69) is 37.2 Å². The minimum Gasteiger partial charge on any atom is -0.508 e. The first-order chi connectivity index (χ1) is 32.0. The highest BCUT2D eigenvalue weighted by atomic mass is 16.4. The lowest BCUT2D eigenvalue weighted by atomic mass is 9.99. The maximum atomic E-state index is 14.1. The molecule has 24 nitrogen and oxygen atoms in total. The molecular formula is C45H71N9O15. The van der Waals surface area contributed by atoms with E-state index in [1.54, 1.807) is 41.5 Å². The molecule has 0 heterocycles. The molecule has 15 N–H and O–H groups in total. The number of primary amides is 1. The number of phenolic OH excluding ortho intramolecular Hbond substituents is 1. The number of rotatable bonds is 31. The van der Waals surface area contributed by atoms with Crippen LogP contribution < -0.4 is 48.7 Å². The standard InChI is InChI=1S/C45H71N9O15/c1-21(2)15-27(46)38(61)49-29(16-22(3)4)40(63)53-33(20-36(59)60)43(66)48-28(13-14-35(57)58)39(62)51-31(18-25-9-11-26(55)12-10-25)41(64)52-32(19-34(47)56)42(65)50-30(17-23(5)6)44(67)54-37(24(7)8)45(68)69/h9-12,21-24,27-33,37,55H,13-20,46H2,1-8H3,(H2,47,56)(H,48,66)(H,49,61)(H,50,65)(H,51,62)(H,52,64)(H,53,63)(H,54,67)(H,57,58)(H,59,60)(H,68,69)/t27-,28-,29-,30-,31-,32-,33-,37-/m0/s1. The van der Waals surface area contributed by atoms with Gasteiger partial charge in [0.05, 0.1) is 18.9 Å². The van der Waals surface area contributed by atoms with Crippen LogP contribution in [0.2, 0.25) is 0 Å². The Morgan fingerprint density at radius 3 is 1.32 bits per heavy atom. The number of hydrogen-bond donors (Lipinski definition) is 13. The third kappa shape index (κ3) is 23.1. The first-order valence-corrected chi connectivity index (χ1v) is 22.6. The highest BCUT2D eigenvalue weighted by molar-refractivity contribution is 5.99. The van der Waals surface area contributed by atoms with Crippen LogP contribution in [0.3, 0.4) is 0 Å². The van der Waals surface area contributed by atoms with Crippen molar-refractivity contribution in [3.8, 4) is 5.75 Å². The van der Waals surface area contributed by atoms with Crippen molar-refractivity contribution in [1.29, 1.82) is 0 Å². The van der Waals surface area contributed by atoms with E-state index in [1.165, 1.54) is 24.3 Å². The molecule has 0 aliphatic heterocycles. The lowest BCUT2D eigenvalue weighted by Gasteiger charge is -2.28. The van der Waals surface area contributed by atoms with E-state index in [-0.39, 0.29) is 42.8 Å². The molecule has 1 rings (SSSR count). The van der Waals surface area contributed by atoms with E-state index in [9.17, 15) is 73.2 Å². The molecule has 0 aliphatic rings. The monoisotopic (exact) mass is 978 g/mol. The highest BCUT2D eigenvalue weighted by Gasteiger charge is 2.36. The number of carboxylic acids is 3. The summed E-state index contributed by atoms with van der Waals surface area (Å²) in [6.45, 7) is 13.7. The Bertz CT molecular complexity index is 1980. The third-order valence-electron chi connectivity index (χ3n) is 10.3. The molecule has 8 amide bonds. The van der Waals surface area contributed by atoms with E-state index >= 15 is 0 Å². The van der Waals surface area contributed by atoms with Crippen molar-refractivity contribution in [1.82, 2.24) is 37.2 Å². The molecule has 0 aliphatic carbocycles. The molecule has 1 aromatic carbocycles. The summed E-state index contributed by atoms with van der Waals surface area (Å²) in [6, 6.07) is -6.91. The van der Waals surface area contributed by atoms with Gasteiger partial charge in [-0.2, -0.15) is 0 Å². The van der Waals surface area contributed by atoms with E-state index in [1.807, 2.05) is 13.8 Å². The second kappa shape index (κ2) is 29.1. The number of aromatic hydroxyl groups is 1. The Labute approximate surface area is 400 Å². The van der Waals surface area contributed by atoms with Crippen molar-refractivity contribution in [3.63, 3.8) is 0 Å². The van der Waals surface area contributed by atoms with Gasteiger partial charge >= 0.3 is 17.9 Å². The van der Waals surface area contributed by atoms with Crippen molar-refractivity contribution in [3.05, 3.63) is 29.8 Å². The SMILES string of the molecule is CC(C)C[C@H](NC(=O)[C@H](CC(N)=O)NC(=O)[C@H](Cc1ccc(O)cc1)NC(=O)[C@H](CCC(=O)O)NC(=O)[C@H](CC(=O)O)NC(=O)[C@H](CC(C)C)NC(=O)[C@@H](N)CC(C)C)C(=O)N[C@H](C(=O)O)C(C)C. The predicted octanol–water partition coefficient (Wildman–Crippen LogP) is -1.25. The van der Waals surface area contributed by atoms with Gasteiger partial charge in [-0.15, -0.1) is 0 Å². The number of nitrogens with two attached hydrogens (primary N) is 2. The molecule has 1 aromatic rings. The molecule has 386 valence electrons. The van der Waals surface area contributed by atoms with Crippen molar-refractivity contribution in [2.24, 2.45) is 35.1 Å². The summed E-state index contributed by atoms with van der Waals surface area (Å²) in [6.07, 6.45) is -3.34. The van der Waals surface area contributed by atoms with Crippen molar-refractivity contribution < 1.29 is 73.2 Å². The summed E-state index contributed by atoms with van der Waals surface area (Å²) in [4.78, 5) is 143. The molecule has 24 heteroatoms. The Morgan fingerprint density at radius 2 is 0.884 bits per heavy atom. The van der Waals surface area contributed by atoms with Crippen LogP contribution in [0.4, 0.5) is 0 Å². The first-order valence-electron chi connectivity index (χ1n) is 22.6. The summed E-state index contributed by atoms with van der Waals surface area (Å²) in [5, 5.41) is 55.4. The zero-order valence-electron chi connectivity index (χ0n) is 40.3. The molecule has 0 aromatic heterocycles. The number of nitrogens with one attached hydrogen (secondary N) is 7. The number of carbonyl (C=O) groups excluding carboxylic acids is 8. The molecule has 0 unspecified atom stereocenters. The van der Waals surface area contributed by atoms with Crippen LogP contribution in [0.1, 0.15) is 106 Å². The van der Waals surface area contributed by atoms with Crippen molar-refractivity contribution >= 4 is 65.2 Å². The van der Waals surface area contributed by atoms with E-state index in [0.717, 1.165) is 0 Å². The molecule has 69 heavy (non-hydrogen) atoms. The quantitative estimate of drug-likeness (QED) is 0.0413. The van der Waals surface area contributed by atoms with Crippen LogP contribution >= 0.6 is 0 Å². The zero-order valence-corrected chi connectivity index (χ0v) is 40.3. The smallest absolute Gasteiger partial charge is 0.326 e. The van der Waals surface area contributed by atoms with Crippen LogP contribution in [0.5, 0.6) is 5.75 Å². The van der Waals surface area contributed by atoms with Gasteiger partial charge in [0.1, 0.15) is 48.0 Å². The molecule has 0 spiro atoms. The van der Waals surface area contributed by atoms with Gasteiger partial charge in [-0.1, -0.05) is 67.5 Å². The largest absolute Gasteiger partial charge is 0.508 e. The van der Waals surface area contributed by atoms with Crippen LogP contribution in [0, 0.1) is 23.7 Å². The Hall–Kier alpha value is -6.85. The van der Waals surface area contributed by atoms with Gasteiger partial charge in [0, 0.05) is 12.8 Å². The number of carbonyl (C=O) groups is 11. The molecule has 8 atom stereocenters. The topological polar surface area (TPSA) is 405 Å². The average molecular weight is 978 g/mol. The lowest BCUT2D eigenvalue weighted by Crippen LogP contribution is -2.61. The van der Waals surface area contributed by atoms with Gasteiger partial charge in [0.2, 0.25) is 47.3 Å². The van der Waals surface area contributed by atoms with Gasteiger partial charge in [-0.3, -0.25) is 47.9 Å². The number of hydrogen-bond acceptors (Lipinski definition) is 13.